The second-order valence-corrected chi connectivity index (χ2v) is 5.79. The van der Waals surface area contributed by atoms with Crippen molar-refractivity contribution in [3.63, 3.8) is 0 Å². The molecule has 1 aromatic heterocycles. The Morgan fingerprint density at radius 1 is 1.30 bits per heavy atom. The Morgan fingerprint density at radius 2 is 2.09 bits per heavy atom. The highest BCUT2D eigenvalue weighted by Crippen LogP contribution is 2.19. The molecule has 0 aliphatic heterocycles. The molecule has 0 fully saturated rings. The summed E-state index contributed by atoms with van der Waals surface area (Å²) in [7, 11) is 0. The number of aromatic amines is 1. The average molecular weight is 432 g/mol. The first kappa shape index (κ1) is 19.7. The minimum atomic E-state index is -0.201. The van der Waals surface area contributed by atoms with Gasteiger partial charge in [0, 0.05) is 36.7 Å². The van der Waals surface area contributed by atoms with Crippen LogP contribution >= 0.6 is 24.0 Å². The molecule has 0 atom stereocenters. The quantitative estimate of drug-likeness (QED) is 0.371. The fourth-order valence-electron chi connectivity index (χ4n) is 2.29. The van der Waals surface area contributed by atoms with Crippen molar-refractivity contribution < 1.29 is 4.39 Å². The fourth-order valence-corrected chi connectivity index (χ4v) is 2.29. The molecule has 2 rings (SSSR count). The SMILES string of the molecule is CCNC(=NCC(C)C)NCCc1c[nH]c2ccc(F)cc12.I. The molecule has 0 amide bonds. The molecule has 0 saturated carbocycles. The maximum atomic E-state index is 13.4. The van der Waals surface area contributed by atoms with Gasteiger partial charge < -0.3 is 15.6 Å². The maximum absolute atomic E-state index is 13.4. The van der Waals surface area contributed by atoms with Crippen LogP contribution in [0.3, 0.4) is 0 Å². The highest BCUT2D eigenvalue weighted by Gasteiger charge is 2.05. The van der Waals surface area contributed by atoms with Gasteiger partial charge in [-0.05, 0) is 43.0 Å². The molecule has 1 aromatic carbocycles. The van der Waals surface area contributed by atoms with Crippen LogP contribution in [0.5, 0.6) is 0 Å². The van der Waals surface area contributed by atoms with Gasteiger partial charge in [0.2, 0.25) is 0 Å². The van der Waals surface area contributed by atoms with Gasteiger partial charge in [0.1, 0.15) is 5.82 Å². The van der Waals surface area contributed by atoms with E-state index in [9.17, 15) is 4.39 Å². The number of guanidine groups is 1. The van der Waals surface area contributed by atoms with Crippen molar-refractivity contribution >= 4 is 40.8 Å². The predicted octanol–water partition coefficient (Wildman–Crippen LogP) is 3.68. The summed E-state index contributed by atoms with van der Waals surface area (Å²) in [4.78, 5) is 7.71. The second-order valence-electron chi connectivity index (χ2n) is 5.79. The van der Waals surface area contributed by atoms with Crippen molar-refractivity contribution in [2.75, 3.05) is 19.6 Å². The average Bonchev–Trinajstić information content (AvgIpc) is 2.87. The summed E-state index contributed by atoms with van der Waals surface area (Å²) in [6.45, 7) is 8.74. The van der Waals surface area contributed by atoms with E-state index in [-0.39, 0.29) is 29.8 Å². The van der Waals surface area contributed by atoms with Crippen LogP contribution in [0.25, 0.3) is 10.9 Å². The molecular weight excluding hydrogens is 406 g/mol. The molecule has 0 bridgehead atoms. The molecule has 128 valence electrons. The number of aromatic nitrogens is 1. The second kappa shape index (κ2) is 9.75. The van der Waals surface area contributed by atoms with E-state index in [1.807, 2.05) is 6.20 Å². The van der Waals surface area contributed by atoms with Gasteiger partial charge in [0.15, 0.2) is 5.96 Å². The zero-order chi connectivity index (χ0) is 15.9. The summed E-state index contributed by atoms with van der Waals surface area (Å²) in [6.07, 6.45) is 2.76. The van der Waals surface area contributed by atoms with Gasteiger partial charge in [0.05, 0.1) is 0 Å². The molecular formula is C17H26FIN4. The number of fused-ring (bicyclic) bond motifs is 1. The van der Waals surface area contributed by atoms with Crippen LogP contribution in [-0.2, 0) is 6.42 Å². The van der Waals surface area contributed by atoms with E-state index < -0.39 is 0 Å². The van der Waals surface area contributed by atoms with Gasteiger partial charge in [-0.25, -0.2) is 4.39 Å². The number of hydrogen-bond acceptors (Lipinski definition) is 1. The summed E-state index contributed by atoms with van der Waals surface area (Å²) in [5.41, 5.74) is 2.08. The van der Waals surface area contributed by atoms with Gasteiger partial charge in [-0.3, -0.25) is 4.99 Å². The third kappa shape index (κ3) is 6.01. The lowest BCUT2D eigenvalue weighted by Gasteiger charge is -2.11. The Morgan fingerprint density at radius 3 is 2.78 bits per heavy atom. The molecule has 4 nitrogen and oxygen atoms in total. The molecule has 6 heteroatoms. The van der Waals surface area contributed by atoms with Gasteiger partial charge in [-0.15, -0.1) is 24.0 Å². The van der Waals surface area contributed by atoms with Crippen LogP contribution in [0.2, 0.25) is 0 Å². The van der Waals surface area contributed by atoms with E-state index in [4.69, 9.17) is 0 Å². The van der Waals surface area contributed by atoms with Crippen molar-refractivity contribution in [3.8, 4) is 0 Å². The van der Waals surface area contributed by atoms with Crippen molar-refractivity contribution in [1.29, 1.82) is 0 Å². The monoisotopic (exact) mass is 432 g/mol. The van der Waals surface area contributed by atoms with Crippen molar-refractivity contribution in [1.82, 2.24) is 15.6 Å². The van der Waals surface area contributed by atoms with Crippen LogP contribution in [0.1, 0.15) is 26.3 Å². The largest absolute Gasteiger partial charge is 0.361 e. The Labute approximate surface area is 154 Å². The van der Waals surface area contributed by atoms with Crippen molar-refractivity contribution in [2.24, 2.45) is 10.9 Å². The molecule has 0 radical (unpaired) electrons. The lowest BCUT2D eigenvalue weighted by Crippen LogP contribution is -2.38. The minimum absolute atomic E-state index is 0. The Hall–Kier alpha value is -1.31. The zero-order valence-electron chi connectivity index (χ0n) is 13.9. The van der Waals surface area contributed by atoms with E-state index in [2.05, 4.69) is 41.4 Å². The number of aliphatic imine (C=N–C) groups is 1. The zero-order valence-corrected chi connectivity index (χ0v) is 16.3. The smallest absolute Gasteiger partial charge is 0.191 e. The Balaban J connectivity index is 0.00000264. The molecule has 0 aliphatic carbocycles. The summed E-state index contributed by atoms with van der Waals surface area (Å²) >= 11 is 0. The van der Waals surface area contributed by atoms with Gasteiger partial charge in [-0.1, -0.05) is 13.8 Å². The third-order valence-electron chi connectivity index (χ3n) is 3.38. The van der Waals surface area contributed by atoms with Crippen molar-refractivity contribution in [3.05, 3.63) is 35.8 Å². The molecule has 1 heterocycles. The summed E-state index contributed by atoms with van der Waals surface area (Å²) in [6, 6.07) is 4.83. The van der Waals surface area contributed by atoms with Gasteiger partial charge in [0.25, 0.3) is 0 Å². The van der Waals surface area contributed by atoms with E-state index in [1.54, 1.807) is 12.1 Å². The van der Waals surface area contributed by atoms with Crippen LogP contribution in [0.15, 0.2) is 29.4 Å². The summed E-state index contributed by atoms with van der Waals surface area (Å²) in [5, 5.41) is 7.51. The number of hydrogen-bond donors (Lipinski definition) is 3. The number of nitrogens with one attached hydrogen (secondary N) is 3. The van der Waals surface area contributed by atoms with Crippen molar-refractivity contribution in [2.45, 2.75) is 27.2 Å². The molecule has 0 saturated heterocycles. The van der Waals surface area contributed by atoms with Gasteiger partial charge >= 0.3 is 0 Å². The summed E-state index contributed by atoms with van der Waals surface area (Å²) < 4.78 is 13.4. The van der Waals surface area contributed by atoms with E-state index in [0.717, 1.165) is 48.5 Å². The minimum Gasteiger partial charge on any atom is -0.361 e. The number of H-pyrrole nitrogens is 1. The lowest BCUT2D eigenvalue weighted by atomic mass is 10.1. The number of benzene rings is 1. The number of nitrogens with zero attached hydrogens (tertiary/aromatic N) is 1. The van der Waals surface area contributed by atoms with Gasteiger partial charge in [-0.2, -0.15) is 0 Å². The molecule has 2 aromatic rings. The topological polar surface area (TPSA) is 52.2 Å². The van der Waals surface area contributed by atoms with Crippen LogP contribution in [-0.4, -0.2) is 30.6 Å². The Bertz CT molecular complexity index is 637. The summed E-state index contributed by atoms with van der Waals surface area (Å²) in [5.74, 6) is 1.17. The highest BCUT2D eigenvalue weighted by atomic mass is 127. The molecule has 0 spiro atoms. The molecule has 23 heavy (non-hydrogen) atoms. The highest BCUT2D eigenvalue weighted by molar-refractivity contribution is 14.0. The first-order valence-electron chi connectivity index (χ1n) is 7.87. The predicted molar refractivity (Wildman–Crippen MR) is 106 cm³/mol. The standard InChI is InChI=1S/C17H25FN4.HI/c1-4-19-17(22-10-12(2)3)20-8-7-13-11-21-16-6-5-14(18)9-15(13)16;/h5-6,9,11-12,21H,4,7-8,10H2,1-3H3,(H2,19,20,22);1H. The third-order valence-corrected chi connectivity index (χ3v) is 3.38. The fraction of sp³-hybridized carbons (Fsp3) is 0.471. The Kier molecular flexibility index (Phi) is 8.36. The molecule has 3 N–H and O–H groups in total. The van der Waals surface area contributed by atoms with E-state index >= 15 is 0 Å². The maximum Gasteiger partial charge on any atom is 0.191 e. The first-order valence-corrected chi connectivity index (χ1v) is 7.87. The van der Waals surface area contributed by atoms with E-state index in [0.29, 0.717) is 5.92 Å². The molecule has 0 unspecified atom stereocenters. The van der Waals surface area contributed by atoms with Crippen LogP contribution in [0, 0.1) is 11.7 Å². The van der Waals surface area contributed by atoms with E-state index in [1.165, 1.54) is 6.07 Å². The molecule has 0 aliphatic rings. The van der Waals surface area contributed by atoms with Crippen LogP contribution < -0.4 is 10.6 Å². The lowest BCUT2D eigenvalue weighted by molar-refractivity contribution is 0.629. The number of halogens is 2. The van der Waals surface area contributed by atoms with Crippen LogP contribution in [0.4, 0.5) is 4.39 Å². The normalized spacial score (nSPS) is 11.6. The first-order chi connectivity index (χ1) is 10.6. The number of rotatable bonds is 6.